The topological polar surface area (TPSA) is 99.4 Å². The number of rotatable bonds is 9. The van der Waals surface area contributed by atoms with E-state index in [0.717, 1.165) is 12.8 Å². The molecule has 2 aromatic carbocycles. The Kier molecular flexibility index (Phi) is 9.40. The third-order valence-electron chi connectivity index (χ3n) is 3.81. The molecule has 2 aromatic rings. The Morgan fingerprint density at radius 2 is 1.83 bits per heavy atom. The van der Waals surface area contributed by atoms with Crippen LogP contribution in [0.3, 0.4) is 0 Å². The number of hydrogen-bond donors (Lipinski definition) is 2. The van der Waals surface area contributed by atoms with E-state index >= 15 is 0 Å². The monoisotopic (exact) mass is 616 g/mol. The molecule has 2 N–H and O–H groups in total. The van der Waals surface area contributed by atoms with Crippen molar-refractivity contribution in [2.45, 2.75) is 12.8 Å². The van der Waals surface area contributed by atoms with Crippen LogP contribution in [0.15, 0.2) is 48.0 Å². The molecule has 0 unspecified atom stereocenters. The third kappa shape index (κ3) is 7.66. The molecular formula is C21H18I2N2O4. The summed E-state index contributed by atoms with van der Waals surface area (Å²) >= 11 is 4.06. The van der Waals surface area contributed by atoms with Gasteiger partial charge >= 0.3 is 5.97 Å². The number of ether oxygens (including phenoxy) is 1. The number of aliphatic carboxylic acids is 1. The van der Waals surface area contributed by atoms with Gasteiger partial charge in [-0.1, -0.05) is 30.3 Å². The van der Waals surface area contributed by atoms with Crippen molar-refractivity contribution < 1.29 is 19.4 Å². The molecule has 0 heterocycles. The minimum Gasteiger partial charge on any atom is -0.480 e. The highest BCUT2D eigenvalue weighted by Gasteiger charge is 2.13. The zero-order valence-electron chi connectivity index (χ0n) is 15.3. The molecule has 0 fully saturated rings. The lowest BCUT2D eigenvalue weighted by atomic mass is 10.1. The predicted molar refractivity (Wildman–Crippen MR) is 126 cm³/mol. The molecular weight excluding hydrogens is 598 g/mol. The number of nitriles is 1. The lowest BCUT2D eigenvalue weighted by molar-refractivity contribution is -0.139. The van der Waals surface area contributed by atoms with Crippen molar-refractivity contribution >= 4 is 63.1 Å². The van der Waals surface area contributed by atoms with E-state index in [1.165, 1.54) is 11.6 Å². The van der Waals surface area contributed by atoms with Gasteiger partial charge in [-0.15, -0.1) is 0 Å². The number of hydrogen-bond acceptors (Lipinski definition) is 4. The molecule has 0 saturated heterocycles. The highest BCUT2D eigenvalue weighted by atomic mass is 127. The van der Waals surface area contributed by atoms with Gasteiger partial charge in [0.25, 0.3) is 5.91 Å². The number of nitrogens with zero attached hydrogens (tertiary/aromatic N) is 1. The van der Waals surface area contributed by atoms with Gasteiger partial charge in [0.2, 0.25) is 0 Å². The second-order valence-corrected chi connectivity index (χ2v) is 8.34. The SMILES string of the molecule is N#C/C(=C/c1cc(I)c(OCC(=O)O)c(I)c1)C(=O)NCCCc1ccccc1. The lowest BCUT2D eigenvalue weighted by Crippen LogP contribution is -2.25. The van der Waals surface area contributed by atoms with Gasteiger partial charge in [0.15, 0.2) is 6.61 Å². The van der Waals surface area contributed by atoms with Crippen LogP contribution in [0.1, 0.15) is 17.5 Å². The zero-order valence-corrected chi connectivity index (χ0v) is 19.6. The van der Waals surface area contributed by atoms with Crippen LogP contribution in [0.4, 0.5) is 0 Å². The van der Waals surface area contributed by atoms with Crippen molar-refractivity contribution in [3.05, 3.63) is 66.3 Å². The summed E-state index contributed by atoms with van der Waals surface area (Å²) in [6, 6.07) is 15.4. The van der Waals surface area contributed by atoms with Crippen molar-refractivity contribution in [2.75, 3.05) is 13.2 Å². The number of aryl methyl sites for hydroxylation is 1. The van der Waals surface area contributed by atoms with Crippen LogP contribution in [0.2, 0.25) is 0 Å². The van der Waals surface area contributed by atoms with Crippen molar-refractivity contribution in [3.63, 3.8) is 0 Å². The fourth-order valence-electron chi connectivity index (χ4n) is 2.48. The number of carbonyl (C=O) groups excluding carboxylic acids is 1. The first kappa shape index (κ1) is 23.2. The summed E-state index contributed by atoms with van der Waals surface area (Å²) < 4.78 is 6.68. The van der Waals surface area contributed by atoms with Gasteiger partial charge in [0, 0.05) is 6.54 Å². The first-order valence-electron chi connectivity index (χ1n) is 8.68. The Bertz CT molecular complexity index is 930. The van der Waals surface area contributed by atoms with E-state index in [0.29, 0.717) is 25.0 Å². The Hall–Kier alpha value is -2.13. The van der Waals surface area contributed by atoms with Gasteiger partial charge < -0.3 is 15.2 Å². The molecule has 1 amide bonds. The molecule has 6 nitrogen and oxygen atoms in total. The van der Waals surface area contributed by atoms with Crippen molar-refractivity contribution in [1.82, 2.24) is 5.32 Å². The van der Waals surface area contributed by atoms with Gasteiger partial charge in [0.05, 0.1) is 7.14 Å². The number of benzene rings is 2. The van der Waals surface area contributed by atoms with E-state index < -0.39 is 18.5 Å². The quantitative estimate of drug-likeness (QED) is 0.192. The lowest BCUT2D eigenvalue weighted by Gasteiger charge is -2.10. The highest BCUT2D eigenvalue weighted by Crippen LogP contribution is 2.29. The van der Waals surface area contributed by atoms with E-state index in [-0.39, 0.29) is 5.57 Å². The summed E-state index contributed by atoms with van der Waals surface area (Å²) in [4.78, 5) is 23.0. The fourth-order valence-corrected chi connectivity index (χ4v) is 4.61. The molecule has 0 saturated carbocycles. The molecule has 8 heteroatoms. The summed E-state index contributed by atoms with van der Waals surface area (Å²) in [6.07, 6.45) is 3.14. The number of carboxylic acids is 1. The average Bonchev–Trinajstić information content (AvgIpc) is 2.69. The molecule has 150 valence electrons. The molecule has 0 aliphatic heterocycles. The van der Waals surface area contributed by atoms with E-state index in [2.05, 4.69) is 5.32 Å². The smallest absolute Gasteiger partial charge is 0.341 e. The van der Waals surface area contributed by atoms with Gasteiger partial charge in [-0.3, -0.25) is 4.79 Å². The molecule has 0 radical (unpaired) electrons. The van der Waals surface area contributed by atoms with Gasteiger partial charge in [-0.2, -0.15) is 5.26 Å². The molecule has 0 bridgehead atoms. The van der Waals surface area contributed by atoms with Gasteiger partial charge in [-0.05, 0) is 87.4 Å². The van der Waals surface area contributed by atoms with Crippen LogP contribution < -0.4 is 10.1 Å². The number of carbonyl (C=O) groups is 2. The Morgan fingerprint density at radius 3 is 2.41 bits per heavy atom. The standard InChI is InChI=1S/C21H18I2N2O4/c22-17-10-15(11-18(23)20(17)29-13-19(26)27)9-16(12-24)21(28)25-8-4-7-14-5-2-1-3-6-14/h1-3,5-6,9-11H,4,7-8,13H2,(H,25,28)(H,26,27)/b16-9-. The first-order chi connectivity index (χ1) is 13.9. The van der Waals surface area contributed by atoms with E-state index in [1.807, 2.05) is 81.6 Å². The fraction of sp³-hybridized carbons (Fsp3) is 0.190. The number of halogens is 2. The largest absolute Gasteiger partial charge is 0.480 e. The number of nitrogens with one attached hydrogen (secondary N) is 1. The summed E-state index contributed by atoms with van der Waals surface area (Å²) in [6.45, 7) is 0.0415. The summed E-state index contributed by atoms with van der Waals surface area (Å²) in [5, 5.41) is 20.9. The van der Waals surface area contributed by atoms with Gasteiger partial charge in [-0.25, -0.2) is 4.79 Å². The maximum Gasteiger partial charge on any atom is 0.341 e. The predicted octanol–water partition coefficient (Wildman–Crippen LogP) is 4.02. The number of amides is 1. The minimum atomic E-state index is -1.06. The summed E-state index contributed by atoms with van der Waals surface area (Å²) in [5.74, 6) is -1.01. The van der Waals surface area contributed by atoms with Crippen LogP contribution in [0, 0.1) is 18.5 Å². The molecule has 0 spiro atoms. The second kappa shape index (κ2) is 11.8. The Balaban J connectivity index is 1.99. The zero-order chi connectivity index (χ0) is 21.2. The molecule has 0 aliphatic carbocycles. The molecule has 0 atom stereocenters. The van der Waals surface area contributed by atoms with E-state index in [9.17, 15) is 14.9 Å². The van der Waals surface area contributed by atoms with Crippen LogP contribution in [-0.2, 0) is 16.0 Å². The van der Waals surface area contributed by atoms with Crippen LogP contribution in [-0.4, -0.2) is 30.1 Å². The molecule has 29 heavy (non-hydrogen) atoms. The van der Waals surface area contributed by atoms with Crippen LogP contribution >= 0.6 is 45.2 Å². The number of carboxylic acid groups (broad SMARTS) is 1. The second-order valence-electron chi connectivity index (χ2n) is 6.01. The van der Waals surface area contributed by atoms with Crippen LogP contribution in [0.25, 0.3) is 6.08 Å². The summed E-state index contributed by atoms with van der Waals surface area (Å²) in [7, 11) is 0. The summed E-state index contributed by atoms with van der Waals surface area (Å²) in [5.41, 5.74) is 1.88. The van der Waals surface area contributed by atoms with Crippen molar-refractivity contribution in [1.29, 1.82) is 5.26 Å². The molecule has 2 rings (SSSR count). The third-order valence-corrected chi connectivity index (χ3v) is 5.41. The Labute approximate surface area is 196 Å². The normalized spacial score (nSPS) is 10.9. The first-order valence-corrected chi connectivity index (χ1v) is 10.8. The minimum absolute atomic E-state index is 0.00974. The van der Waals surface area contributed by atoms with Crippen LogP contribution in [0.5, 0.6) is 5.75 Å². The maximum atomic E-state index is 12.3. The van der Waals surface area contributed by atoms with E-state index in [1.54, 1.807) is 12.1 Å². The van der Waals surface area contributed by atoms with Crippen molar-refractivity contribution in [3.8, 4) is 11.8 Å². The maximum absolute atomic E-state index is 12.3. The van der Waals surface area contributed by atoms with E-state index in [4.69, 9.17) is 9.84 Å². The molecule has 0 aromatic heterocycles. The van der Waals surface area contributed by atoms with Crippen molar-refractivity contribution in [2.24, 2.45) is 0 Å². The average molecular weight is 616 g/mol. The Morgan fingerprint density at radius 1 is 1.17 bits per heavy atom. The molecule has 0 aliphatic rings. The van der Waals surface area contributed by atoms with Gasteiger partial charge in [0.1, 0.15) is 17.4 Å². The highest BCUT2D eigenvalue weighted by molar-refractivity contribution is 14.1.